The number of aromatic nitrogens is 2. The lowest BCUT2D eigenvalue weighted by Crippen LogP contribution is -2.46. The Balaban J connectivity index is 2.22. The third-order valence-corrected chi connectivity index (χ3v) is 3.55. The van der Waals surface area contributed by atoms with E-state index in [9.17, 15) is 8.78 Å². The van der Waals surface area contributed by atoms with Gasteiger partial charge in [0.05, 0.1) is 17.6 Å². The van der Waals surface area contributed by atoms with Crippen LogP contribution in [0.15, 0.2) is 12.5 Å². The molecule has 16 heavy (non-hydrogen) atoms. The number of alkyl halides is 2. The van der Waals surface area contributed by atoms with Crippen LogP contribution < -0.4 is 5.73 Å². The van der Waals surface area contributed by atoms with Crippen molar-refractivity contribution in [1.82, 2.24) is 9.55 Å². The highest BCUT2D eigenvalue weighted by Crippen LogP contribution is 2.41. The first-order chi connectivity index (χ1) is 7.47. The molecular formula is C11H17F2N3. The van der Waals surface area contributed by atoms with Crippen LogP contribution in [0.25, 0.3) is 0 Å². The number of nitrogens with two attached hydrogens (primary N) is 1. The summed E-state index contributed by atoms with van der Waals surface area (Å²) in [5.41, 5.74) is 6.31. The summed E-state index contributed by atoms with van der Waals surface area (Å²) < 4.78 is 28.2. The zero-order valence-electron chi connectivity index (χ0n) is 9.42. The second-order valence-electron chi connectivity index (χ2n) is 4.71. The van der Waals surface area contributed by atoms with Crippen LogP contribution in [-0.4, -0.2) is 22.0 Å². The van der Waals surface area contributed by atoms with E-state index in [-0.39, 0.29) is 18.4 Å². The monoisotopic (exact) mass is 229 g/mol. The Labute approximate surface area is 93.7 Å². The molecule has 2 rings (SSSR count). The van der Waals surface area contributed by atoms with E-state index < -0.39 is 5.92 Å². The fourth-order valence-electron chi connectivity index (χ4n) is 2.33. The summed E-state index contributed by atoms with van der Waals surface area (Å²) >= 11 is 0. The fraction of sp³-hybridized carbons (Fsp3) is 0.727. The number of rotatable bonds is 2. The quantitative estimate of drug-likeness (QED) is 0.843. The first kappa shape index (κ1) is 11.5. The van der Waals surface area contributed by atoms with Gasteiger partial charge in [0.25, 0.3) is 0 Å². The highest BCUT2D eigenvalue weighted by atomic mass is 19.3. The van der Waals surface area contributed by atoms with Crippen molar-refractivity contribution in [2.45, 2.75) is 44.1 Å². The maximum absolute atomic E-state index is 13.1. The van der Waals surface area contributed by atoms with E-state index in [1.807, 2.05) is 17.7 Å². The van der Waals surface area contributed by atoms with Crippen LogP contribution in [0.5, 0.6) is 0 Å². The second kappa shape index (κ2) is 3.80. The molecule has 0 amide bonds. The van der Waals surface area contributed by atoms with Crippen molar-refractivity contribution in [2.75, 3.05) is 6.54 Å². The summed E-state index contributed by atoms with van der Waals surface area (Å²) in [5, 5.41) is 0. The normalized spacial score (nSPS) is 23.2. The van der Waals surface area contributed by atoms with Crippen LogP contribution in [0.3, 0.4) is 0 Å². The maximum atomic E-state index is 13.1. The summed E-state index contributed by atoms with van der Waals surface area (Å²) in [6, 6.07) is 0. The first-order valence-electron chi connectivity index (χ1n) is 5.56. The number of imidazole rings is 1. The molecule has 0 atom stereocenters. The molecule has 0 spiro atoms. The van der Waals surface area contributed by atoms with E-state index in [1.54, 1.807) is 6.33 Å². The van der Waals surface area contributed by atoms with Gasteiger partial charge in [-0.1, -0.05) is 0 Å². The molecule has 0 aromatic carbocycles. The van der Waals surface area contributed by atoms with Crippen LogP contribution in [0.1, 0.15) is 31.4 Å². The molecule has 3 nitrogen and oxygen atoms in total. The Morgan fingerprint density at radius 1 is 1.38 bits per heavy atom. The summed E-state index contributed by atoms with van der Waals surface area (Å²) in [7, 11) is 0. The average molecular weight is 229 g/mol. The molecule has 1 heterocycles. The van der Waals surface area contributed by atoms with Crippen LogP contribution in [0.2, 0.25) is 0 Å². The van der Waals surface area contributed by atoms with E-state index in [0.29, 0.717) is 19.4 Å². The second-order valence-corrected chi connectivity index (χ2v) is 4.71. The Kier molecular flexibility index (Phi) is 2.74. The van der Waals surface area contributed by atoms with E-state index >= 15 is 0 Å². The molecule has 1 saturated carbocycles. The Morgan fingerprint density at radius 3 is 2.44 bits per heavy atom. The molecule has 1 aromatic heterocycles. The third-order valence-electron chi connectivity index (χ3n) is 3.55. The molecule has 1 aromatic rings. The van der Waals surface area contributed by atoms with Gasteiger partial charge < -0.3 is 10.3 Å². The van der Waals surface area contributed by atoms with Gasteiger partial charge in [0, 0.05) is 25.6 Å². The molecule has 1 fully saturated rings. The highest BCUT2D eigenvalue weighted by Gasteiger charge is 2.43. The van der Waals surface area contributed by atoms with Crippen molar-refractivity contribution in [2.24, 2.45) is 5.73 Å². The summed E-state index contributed by atoms with van der Waals surface area (Å²) in [4.78, 5) is 4.14. The SMILES string of the molecule is Cc1cn(C2(CN)CCC(F)(F)CC2)cn1. The van der Waals surface area contributed by atoms with Crippen molar-refractivity contribution < 1.29 is 8.78 Å². The standard InChI is InChI=1S/C11H17F2N3/c1-9-6-16(8-15-9)10(7-14)2-4-11(12,13)5-3-10/h6,8H,2-5,7,14H2,1H3. The minimum atomic E-state index is -2.52. The molecule has 0 bridgehead atoms. The van der Waals surface area contributed by atoms with E-state index in [4.69, 9.17) is 5.73 Å². The summed E-state index contributed by atoms with van der Waals surface area (Å²) in [5.74, 6) is -2.52. The lowest BCUT2D eigenvalue weighted by molar-refractivity contribution is -0.0620. The van der Waals surface area contributed by atoms with Gasteiger partial charge in [-0.2, -0.15) is 0 Å². The molecule has 0 saturated heterocycles. The van der Waals surface area contributed by atoms with Crippen LogP contribution >= 0.6 is 0 Å². The molecule has 0 aliphatic heterocycles. The van der Waals surface area contributed by atoms with Crippen LogP contribution in [0.4, 0.5) is 8.78 Å². The van der Waals surface area contributed by atoms with Gasteiger partial charge >= 0.3 is 0 Å². The van der Waals surface area contributed by atoms with Crippen molar-refractivity contribution >= 4 is 0 Å². The predicted molar refractivity (Wildman–Crippen MR) is 57.4 cm³/mol. The van der Waals surface area contributed by atoms with E-state index in [1.165, 1.54) is 0 Å². The predicted octanol–water partition coefficient (Wildman–Crippen LogP) is 2.05. The van der Waals surface area contributed by atoms with Gasteiger partial charge in [0.15, 0.2) is 0 Å². The Hall–Kier alpha value is -0.970. The zero-order valence-corrected chi connectivity index (χ0v) is 9.42. The van der Waals surface area contributed by atoms with Crippen molar-refractivity contribution in [1.29, 1.82) is 0 Å². The lowest BCUT2D eigenvalue weighted by Gasteiger charge is -2.40. The number of aryl methyl sites for hydroxylation is 1. The molecule has 0 unspecified atom stereocenters. The average Bonchev–Trinajstić information content (AvgIpc) is 2.66. The largest absolute Gasteiger partial charge is 0.330 e. The lowest BCUT2D eigenvalue weighted by atomic mass is 9.79. The van der Waals surface area contributed by atoms with Gasteiger partial charge in [0.2, 0.25) is 5.92 Å². The number of halogens is 2. The molecular weight excluding hydrogens is 212 g/mol. The van der Waals surface area contributed by atoms with Crippen LogP contribution in [-0.2, 0) is 5.54 Å². The minimum absolute atomic E-state index is 0.0819. The van der Waals surface area contributed by atoms with Gasteiger partial charge in [-0.25, -0.2) is 13.8 Å². The zero-order chi connectivity index (χ0) is 11.8. The molecule has 2 N–H and O–H groups in total. The molecule has 0 radical (unpaired) electrons. The van der Waals surface area contributed by atoms with E-state index in [0.717, 1.165) is 5.69 Å². The Morgan fingerprint density at radius 2 is 2.00 bits per heavy atom. The molecule has 1 aliphatic carbocycles. The topological polar surface area (TPSA) is 43.8 Å². The van der Waals surface area contributed by atoms with Crippen molar-refractivity contribution in [3.05, 3.63) is 18.2 Å². The number of hydrogen-bond acceptors (Lipinski definition) is 2. The first-order valence-corrected chi connectivity index (χ1v) is 5.56. The van der Waals surface area contributed by atoms with Gasteiger partial charge in [-0.05, 0) is 19.8 Å². The van der Waals surface area contributed by atoms with Gasteiger partial charge in [-0.3, -0.25) is 0 Å². The maximum Gasteiger partial charge on any atom is 0.248 e. The Bertz CT molecular complexity index is 363. The molecule has 90 valence electrons. The minimum Gasteiger partial charge on any atom is -0.330 e. The van der Waals surface area contributed by atoms with Gasteiger partial charge in [-0.15, -0.1) is 0 Å². The number of nitrogens with zero attached hydrogens (tertiary/aromatic N) is 2. The highest BCUT2D eigenvalue weighted by molar-refractivity contribution is 5.02. The summed E-state index contributed by atoms with van der Waals surface area (Å²) in [6.45, 7) is 2.27. The molecule has 1 aliphatic rings. The van der Waals surface area contributed by atoms with E-state index in [2.05, 4.69) is 4.98 Å². The van der Waals surface area contributed by atoms with Gasteiger partial charge in [0.1, 0.15) is 0 Å². The van der Waals surface area contributed by atoms with Crippen molar-refractivity contribution in [3.63, 3.8) is 0 Å². The van der Waals surface area contributed by atoms with Crippen molar-refractivity contribution in [3.8, 4) is 0 Å². The summed E-state index contributed by atoms with van der Waals surface area (Å²) in [6.07, 6.45) is 4.27. The fourth-order valence-corrected chi connectivity index (χ4v) is 2.33. The smallest absolute Gasteiger partial charge is 0.248 e. The molecule has 5 heteroatoms. The third kappa shape index (κ3) is 1.96. The van der Waals surface area contributed by atoms with Crippen LogP contribution in [0, 0.1) is 6.92 Å². The number of hydrogen-bond donors (Lipinski definition) is 1.